The van der Waals surface area contributed by atoms with E-state index in [1.54, 1.807) is 4.31 Å². The van der Waals surface area contributed by atoms with Crippen LogP contribution in [0.15, 0.2) is 24.3 Å². The molecule has 0 unspecified atom stereocenters. The topological polar surface area (TPSA) is 55.9 Å². The monoisotopic (exact) mass is 408 g/mol. The summed E-state index contributed by atoms with van der Waals surface area (Å²) < 4.78 is 29.2. The molecule has 7 heteroatoms. The zero-order valence-corrected chi connectivity index (χ0v) is 18.1. The summed E-state index contributed by atoms with van der Waals surface area (Å²) in [6, 6.07) is 8.72. The van der Waals surface area contributed by atoms with E-state index in [0.717, 1.165) is 71.2 Å². The molecule has 2 aliphatic rings. The Morgan fingerprint density at radius 1 is 0.929 bits per heavy atom. The van der Waals surface area contributed by atoms with Crippen LogP contribution < -0.4 is 9.62 Å². The predicted molar refractivity (Wildman–Crippen MR) is 116 cm³/mol. The smallest absolute Gasteiger partial charge is 0.279 e. The van der Waals surface area contributed by atoms with Gasteiger partial charge in [-0.1, -0.05) is 25.0 Å². The van der Waals surface area contributed by atoms with E-state index in [1.165, 1.54) is 11.3 Å². The van der Waals surface area contributed by atoms with Crippen LogP contribution in [0.3, 0.4) is 0 Å². The molecule has 1 aromatic carbocycles. The lowest BCUT2D eigenvalue weighted by atomic mass is 10.2. The van der Waals surface area contributed by atoms with Crippen LogP contribution in [0.2, 0.25) is 0 Å². The maximum absolute atomic E-state index is 12.4. The van der Waals surface area contributed by atoms with Crippen molar-refractivity contribution in [3.8, 4) is 0 Å². The summed E-state index contributed by atoms with van der Waals surface area (Å²) in [5.41, 5.74) is 2.63. The minimum absolute atomic E-state index is 0.544. The molecule has 0 radical (unpaired) electrons. The minimum Gasteiger partial charge on any atom is -0.369 e. The molecular formula is C21H36N4O2S. The van der Waals surface area contributed by atoms with Crippen molar-refractivity contribution in [1.82, 2.24) is 13.9 Å². The summed E-state index contributed by atoms with van der Waals surface area (Å²) in [5.74, 6) is 0. The number of nitrogens with one attached hydrogen (secondary N) is 1. The zero-order chi connectivity index (χ0) is 19.8. The number of aryl methyl sites for hydroxylation is 1. The lowest BCUT2D eigenvalue weighted by Gasteiger charge is -2.36. The van der Waals surface area contributed by atoms with Crippen molar-refractivity contribution in [3.63, 3.8) is 0 Å². The number of hydrogen-bond acceptors (Lipinski definition) is 4. The Bertz CT molecular complexity index is 694. The van der Waals surface area contributed by atoms with Crippen molar-refractivity contribution in [3.05, 3.63) is 29.8 Å². The Morgan fingerprint density at radius 3 is 2.32 bits per heavy atom. The highest BCUT2D eigenvalue weighted by Gasteiger charge is 2.22. The van der Waals surface area contributed by atoms with Gasteiger partial charge in [-0.25, -0.2) is 4.72 Å². The van der Waals surface area contributed by atoms with Gasteiger partial charge in [0, 0.05) is 51.5 Å². The van der Waals surface area contributed by atoms with Crippen LogP contribution in [-0.4, -0.2) is 70.0 Å². The highest BCUT2D eigenvalue weighted by molar-refractivity contribution is 7.87. The molecular weight excluding hydrogens is 372 g/mol. The molecule has 0 saturated carbocycles. The van der Waals surface area contributed by atoms with Crippen molar-refractivity contribution in [2.45, 2.75) is 45.4 Å². The number of unbranched alkanes of at least 4 members (excludes halogenated alkanes) is 1. The molecule has 2 fully saturated rings. The Hall–Kier alpha value is -1.15. The fraction of sp³-hybridized carbons (Fsp3) is 0.714. The second-order valence-electron chi connectivity index (χ2n) is 8.09. The van der Waals surface area contributed by atoms with Gasteiger partial charge in [0.05, 0.1) is 0 Å². The molecule has 0 bridgehead atoms. The molecule has 0 atom stereocenters. The van der Waals surface area contributed by atoms with Gasteiger partial charge in [-0.2, -0.15) is 12.7 Å². The Kier molecular flexibility index (Phi) is 8.14. The standard InChI is InChI=1S/C21H36N4O2S/c1-20-9-8-10-21(19-20)24-17-15-23(16-18-24)12-7-4-11-22-28(26,27)25-13-5-2-3-6-14-25/h8-10,19,22H,2-7,11-18H2,1H3. The van der Waals surface area contributed by atoms with Crippen LogP contribution in [0, 0.1) is 6.92 Å². The van der Waals surface area contributed by atoms with Crippen LogP contribution in [0.4, 0.5) is 5.69 Å². The molecule has 1 aromatic rings. The van der Waals surface area contributed by atoms with Crippen LogP contribution in [-0.2, 0) is 10.2 Å². The average molecular weight is 409 g/mol. The summed E-state index contributed by atoms with van der Waals surface area (Å²) in [5, 5.41) is 0. The lowest BCUT2D eigenvalue weighted by molar-refractivity contribution is 0.253. The van der Waals surface area contributed by atoms with Crippen LogP contribution in [0.25, 0.3) is 0 Å². The van der Waals surface area contributed by atoms with E-state index >= 15 is 0 Å². The summed E-state index contributed by atoms with van der Waals surface area (Å²) in [7, 11) is -3.29. The van der Waals surface area contributed by atoms with Gasteiger partial charge in [0.25, 0.3) is 10.2 Å². The summed E-state index contributed by atoms with van der Waals surface area (Å²) in [6.07, 6.45) is 6.18. The SMILES string of the molecule is Cc1cccc(N2CCN(CCCCNS(=O)(=O)N3CCCCCC3)CC2)c1. The average Bonchev–Trinajstić information content (AvgIpc) is 2.98. The molecule has 2 saturated heterocycles. The fourth-order valence-corrected chi connectivity index (χ4v) is 5.41. The molecule has 2 aliphatic heterocycles. The molecule has 1 N–H and O–H groups in total. The van der Waals surface area contributed by atoms with Gasteiger partial charge in [-0.15, -0.1) is 0 Å². The second-order valence-corrected chi connectivity index (χ2v) is 9.84. The zero-order valence-electron chi connectivity index (χ0n) is 17.3. The quantitative estimate of drug-likeness (QED) is 0.672. The third kappa shape index (κ3) is 6.44. The van der Waals surface area contributed by atoms with Gasteiger partial charge in [0.1, 0.15) is 0 Å². The Labute approximate surface area is 171 Å². The fourth-order valence-electron chi connectivity index (χ4n) is 4.09. The Morgan fingerprint density at radius 2 is 1.64 bits per heavy atom. The number of hydrogen-bond donors (Lipinski definition) is 1. The van der Waals surface area contributed by atoms with Crippen molar-refractivity contribution in [1.29, 1.82) is 0 Å². The van der Waals surface area contributed by atoms with E-state index in [-0.39, 0.29) is 0 Å². The number of rotatable bonds is 8. The molecule has 0 aromatic heterocycles. The van der Waals surface area contributed by atoms with E-state index in [1.807, 2.05) is 0 Å². The molecule has 0 spiro atoms. The first-order valence-corrected chi connectivity index (χ1v) is 12.3. The van der Waals surface area contributed by atoms with Gasteiger partial charge in [-0.3, -0.25) is 4.90 Å². The normalized spacial score (nSPS) is 20.2. The largest absolute Gasteiger partial charge is 0.369 e. The summed E-state index contributed by atoms with van der Waals surface area (Å²) >= 11 is 0. The van der Waals surface area contributed by atoms with Crippen LogP contribution in [0.1, 0.15) is 44.1 Å². The van der Waals surface area contributed by atoms with Gasteiger partial charge in [-0.05, 0) is 56.8 Å². The molecule has 28 heavy (non-hydrogen) atoms. The molecule has 0 amide bonds. The Balaban J connectivity index is 1.31. The first kappa shape index (κ1) is 21.6. The van der Waals surface area contributed by atoms with Gasteiger partial charge in [0.2, 0.25) is 0 Å². The molecule has 2 heterocycles. The first-order chi connectivity index (χ1) is 13.5. The van der Waals surface area contributed by atoms with E-state index in [4.69, 9.17) is 0 Å². The molecule has 3 rings (SSSR count). The lowest BCUT2D eigenvalue weighted by Crippen LogP contribution is -2.46. The highest BCUT2D eigenvalue weighted by Crippen LogP contribution is 2.18. The van der Waals surface area contributed by atoms with Crippen molar-refractivity contribution >= 4 is 15.9 Å². The van der Waals surface area contributed by atoms with Gasteiger partial charge < -0.3 is 4.90 Å². The number of benzene rings is 1. The molecule has 158 valence electrons. The highest BCUT2D eigenvalue weighted by atomic mass is 32.2. The van der Waals surface area contributed by atoms with Crippen molar-refractivity contribution < 1.29 is 8.42 Å². The van der Waals surface area contributed by atoms with Crippen molar-refractivity contribution in [2.24, 2.45) is 0 Å². The van der Waals surface area contributed by atoms with Crippen LogP contribution >= 0.6 is 0 Å². The maximum atomic E-state index is 12.4. The predicted octanol–water partition coefficient (Wildman–Crippen LogP) is 2.61. The van der Waals surface area contributed by atoms with E-state index in [2.05, 4.69) is 45.7 Å². The molecule has 6 nitrogen and oxygen atoms in total. The van der Waals surface area contributed by atoms with Gasteiger partial charge in [0.15, 0.2) is 0 Å². The minimum atomic E-state index is -3.29. The number of anilines is 1. The number of piperazine rings is 1. The molecule has 0 aliphatic carbocycles. The summed E-state index contributed by atoms with van der Waals surface area (Å²) in [4.78, 5) is 4.95. The van der Waals surface area contributed by atoms with Gasteiger partial charge >= 0.3 is 0 Å². The second kappa shape index (κ2) is 10.6. The van der Waals surface area contributed by atoms with Crippen molar-refractivity contribution in [2.75, 3.05) is 57.3 Å². The maximum Gasteiger partial charge on any atom is 0.279 e. The third-order valence-corrected chi connectivity index (χ3v) is 7.44. The van der Waals surface area contributed by atoms with E-state index in [9.17, 15) is 8.42 Å². The van der Waals surface area contributed by atoms with E-state index < -0.39 is 10.2 Å². The first-order valence-electron chi connectivity index (χ1n) is 10.8. The van der Waals surface area contributed by atoms with Crippen LogP contribution in [0.5, 0.6) is 0 Å². The van der Waals surface area contributed by atoms with E-state index in [0.29, 0.717) is 19.6 Å². The number of nitrogens with zero attached hydrogens (tertiary/aromatic N) is 3. The summed E-state index contributed by atoms with van der Waals surface area (Å²) in [6.45, 7) is 9.34. The third-order valence-electron chi connectivity index (χ3n) is 5.83.